The molecule has 1 saturated heterocycles. The van der Waals surface area contributed by atoms with E-state index in [1.807, 2.05) is 35.2 Å². The quantitative estimate of drug-likeness (QED) is 0.832. The van der Waals surface area contributed by atoms with Crippen molar-refractivity contribution < 1.29 is 9.18 Å². The number of hydrogen-bond donors (Lipinski definition) is 1. The van der Waals surface area contributed by atoms with E-state index in [9.17, 15) is 9.18 Å². The number of thioether (sulfide) groups is 1. The predicted octanol–water partition coefficient (Wildman–Crippen LogP) is 4.02. The summed E-state index contributed by atoms with van der Waals surface area (Å²) >= 11 is 1.58. The highest BCUT2D eigenvalue weighted by atomic mass is 32.2. The van der Waals surface area contributed by atoms with Crippen molar-refractivity contribution in [2.24, 2.45) is 0 Å². The van der Waals surface area contributed by atoms with Gasteiger partial charge in [0.15, 0.2) is 0 Å². The highest BCUT2D eigenvalue weighted by molar-refractivity contribution is 8.00. The maximum atomic E-state index is 12.9. The second kappa shape index (κ2) is 8.20. The average Bonchev–Trinajstić information content (AvgIpc) is 2.63. The molecule has 2 aromatic carbocycles. The Bertz CT molecular complexity index is 655. The standard InChI is InChI=1S/C19H21FN2OS/c20-15-6-8-16(9-7-15)21-17-10-12-22(13-11-17)19(23)14-24-18-4-2-1-3-5-18/h1-9,17,21H,10-14H2. The van der Waals surface area contributed by atoms with Gasteiger partial charge in [0.25, 0.3) is 0 Å². The number of hydrogen-bond acceptors (Lipinski definition) is 3. The van der Waals surface area contributed by atoms with E-state index in [2.05, 4.69) is 5.32 Å². The second-order valence-corrected chi connectivity index (χ2v) is 6.96. The molecule has 2 aromatic rings. The molecule has 0 radical (unpaired) electrons. The van der Waals surface area contributed by atoms with Crippen molar-refractivity contribution in [2.45, 2.75) is 23.8 Å². The Morgan fingerprint density at radius 3 is 2.42 bits per heavy atom. The molecule has 5 heteroatoms. The maximum Gasteiger partial charge on any atom is 0.232 e. The third-order valence-electron chi connectivity index (χ3n) is 4.17. The van der Waals surface area contributed by atoms with Crippen molar-refractivity contribution in [2.75, 3.05) is 24.2 Å². The number of nitrogens with zero attached hydrogens (tertiary/aromatic N) is 1. The molecule has 1 heterocycles. The van der Waals surface area contributed by atoms with Crippen LogP contribution < -0.4 is 5.32 Å². The minimum Gasteiger partial charge on any atom is -0.382 e. The van der Waals surface area contributed by atoms with Crippen LogP contribution in [-0.2, 0) is 4.79 Å². The summed E-state index contributed by atoms with van der Waals surface area (Å²) < 4.78 is 12.9. The van der Waals surface area contributed by atoms with Crippen LogP contribution in [0.1, 0.15) is 12.8 Å². The number of piperidine rings is 1. The monoisotopic (exact) mass is 344 g/mol. The molecule has 0 saturated carbocycles. The number of benzene rings is 2. The van der Waals surface area contributed by atoms with Crippen LogP contribution in [0.5, 0.6) is 0 Å². The van der Waals surface area contributed by atoms with E-state index in [4.69, 9.17) is 0 Å². The zero-order valence-corrected chi connectivity index (χ0v) is 14.3. The minimum absolute atomic E-state index is 0.198. The molecule has 0 unspecified atom stereocenters. The fraction of sp³-hybridized carbons (Fsp3) is 0.316. The lowest BCUT2D eigenvalue weighted by atomic mass is 10.0. The molecule has 1 aliphatic rings. The van der Waals surface area contributed by atoms with Gasteiger partial charge in [0.1, 0.15) is 5.82 Å². The topological polar surface area (TPSA) is 32.3 Å². The minimum atomic E-state index is -0.225. The number of rotatable bonds is 5. The fourth-order valence-electron chi connectivity index (χ4n) is 2.81. The van der Waals surface area contributed by atoms with Gasteiger partial charge in [-0.3, -0.25) is 4.79 Å². The van der Waals surface area contributed by atoms with Crippen LogP contribution in [0, 0.1) is 5.82 Å². The molecule has 1 fully saturated rings. The molecule has 1 N–H and O–H groups in total. The van der Waals surface area contributed by atoms with Gasteiger partial charge in [-0.05, 0) is 49.2 Å². The highest BCUT2D eigenvalue weighted by Gasteiger charge is 2.22. The number of nitrogens with one attached hydrogen (secondary N) is 1. The normalized spacial score (nSPS) is 15.3. The molecular formula is C19H21FN2OS. The molecule has 0 atom stereocenters. The van der Waals surface area contributed by atoms with Gasteiger partial charge >= 0.3 is 0 Å². The van der Waals surface area contributed by atoms with Crippen LogP contribution in [-0.4, -0.2) is 35.7 Å². The fourth-order valence-corrected chi connectivity index (χ4v) is 3.63. The van der Waals surface area contributed by atoms with E-state index in [-0.39, 0.29) is 11.7 Å². The van der Waals surface area contributed by atoms with Crippen molar-refractivity contribution >= 4 is 23.4 Å². The number of carbonyl (C=O) groups is 1. The van der Waals surface area contributed by atoms with Gasteiger partial charge in [-0.25, -0.2) is 4.39 Å². The van der Waals surface area contributed by atoms with E-state index in [0.717, 1.165) is 36.5 Å². The lowest BCUT2D eigenvalue weighted by Gasteiger charge is -2.33. The van der Waals surface area contributed by atoms with Gasteiger partial charge in [0.05, 0.1) is 5.75 Å². The molecule has 126 valence electrons. The molecule has 0 bridgehead atoms. The van der Waals surface area contributed by atoms with Gasteiger partial charge in [0.2, 0.25) is 5.91 Å². The first-order chi connectivity index (χ1) is 11.7. The van der Waals surface area contributed by atoms with Crippen LogP contribution in [0.2, 0.25) is 0 Å². The summed E-state index contributed by atoms with van der Waals surface area (Å²) in [4.78, 5) is 15.4. The zero-order valence-electron chi connectivity index (χ0n) is 13.5. The SMILES string of the molecule is O=C(CSc1ccccc1)N1CCC(Nc2ccc(F)cc2)CC1. The zero-order chi connectivity index (χ0) is 16.8. The lowest BCUT2D eigenvalue weighted by molar-refractivity contribution is -0.129. The molecule has 24 heavy (non-hydrogen) atoms. The van der Waals surface area contributed by atoms with Gasteiger partial charge in [-0.1, -0.05) is 18.2 Å². The third kappa shape index (κ3) is 4.74. The molecule has 3 rings (SSSR count). The van der Waals surface area contributed by atoms with Crippen molar-refractivity contribution in [1.29, 1.82) is 0 Å². The number of likely N-dealkylation sites (tertiary alicyclic amines) is 1. The van der Waals surface area contributed by atoms with Gasteiger partial charge in [-0.2, -0.15) is 0 Å². The first-order valence-corrected chi connectivity index (χ1v) is 9.17. The summed E-state index contributed by atoms with van der Waals surface area (Å²) in [6.45, 7) is 1.54. The van der Waals surface area contributed by atoms with Gasteiger partial charge in [-0.15, -0.1) is 11.8 Å². The summed E-state index contributed by atoms with van der Waals surface area (Å²) in [6.07, 6.45) is 1.83. The Balaban J connectivity index is 1.42. The number of carbonyl (C=O) groups excluding carboxylic acids is 1. The van der Waals surface area contributed by atoms with Gasteiger partial charge in [0, 0.05) is 29.7 Å². The molecule has 0 aliphatic carbocycles. The van der Waals surface area contributed by atoms with Crippen LogP contribution in [0.25, 0.3) is 0 Å². The lowest BCUT2D eigenvalue weighted by Crippen LogP contribution is -2.43. The van der Waals surface area contributed by atoms with Crippen LogP contribution in [0.4, 0.5) is 10.1 Å². The van der Waals surface area contributed by atoms with Crippen LogP contribution in [0.3, 0.4) is 0 Å². The molecular weight excluding hydrogens is 323 g/mol. The summed E-state index contributed by atoms with van der Waals surface area (Å²) in [7, 11) is 0. The Hall–Kier alpha value is -2.01. The first kappa shape index (κ1) is 16.8. The van der Waals surface area contributed by atoms with Crippen molar-refractivity contribution in [3.63, 3.8) is 0 Å². The van der Waals surface area contributed by atoms with Gasteiger partial charge < -0.3 is 10.2 Å². The van der Waals surface area contributed by atoms with E-state index in [0.29, 0.717) is 11.8 Å². The Morgan fingerprint density at radius 1 is 1.08 bits per heavy atom. The first-order valence-electron chi connectivity index (χ1n) is 8.18. The molecule has 3 nitrogen and oxygen atoms in total. The number of halogens is 1. The predicted molar refractivity (Wildman–Crippen MR) is 96.8 cm³/mol. The number of amides is 1. The van der Waals surface area contributed by atoms with E-state index >= 15 is 0 Å². The molecule has 1 amide bonds. The van der Waals surface area contributed by atoms with E-state index in [1.165, 1.54) is 12.1 Å². The largest absolute Gasteiger partial charge is 0.382 e. The van der Waals surface area contributed by atoms with E-state index in [1.54, 1.807) is 23.9 Å². The van der Waals surface area contributed by atoms with Crippen LogP contribution in [0.15, 0.2) is 59.5 Å². The van der Waals surface area contributed by atoms with E-state index < -0.39 is 0 Å². The number of anilines is 1. The summed E-state index contributed by atoms with van der Waals surface area (Å²) in [6, 6.07) is 16.8. The summed E-state index contributed by atoms with van der Waals surface area (Å²) in [5.41, 5.74) is 0.931. The molecule has 0 spiro atoms. The smallest absolute Gasteiger partial charge is 0.232 e. The Kier molecular flexibility index (Phi) is 5.75. The van der Waals surface area contributed by atoms with Crippen molar-refractivity contribution in [1.82, 2.24) is 4.90 Å². The summed E-state index contributed by atoms with van der Waals surface area (Å²) in [5.74, 6) is 0.459. The van der Waals surface area contributed by atoms with Crippen molar-refractivity contribution in [3.8, 4) is 0 Å². The second-order valence-electron chi connectivity index (χ2n) is 5.91. The summed E-state index contributed by atoms with van der Waals surface area (Å²) in [5, 5.41) is 3.42. The average molecular weight is 344 g/mol. The molecule has 1 aliphatic heterocycles. The third-order valence-corrected chi connectivity index (χ3v) is 5.16. The Labute approximate surface area is 146 Å². The highest BCUT2D eigenvalue weighted by Crippen LogP contribution is 2.20. The van der Waals surface area contributed by atoms with Crippen molar-refractivity contribution in [3.05, 3.63) is 60.4 Å². The Morgan fingerprint density at radius 2 is 1.75 bits per heavy atom. The van der Waals surface area contributed by atoms with Crippen LogP contribution >= 0.6 is 11.8 Å². The molecule has 0 aromatic heterocycles. The maximum absolute atomic E-state index is 12.9.